The Bertz CT molecular complexity index is 426. The molecular formula is C11H12F2N2O. The first kappa shape index (κ1) is 12.2. The third-order valence-electron chi connectivity index (χ3n) is 1.67. The van der Waals surface area contributed by atoms with E-state index in [1.807, 2.05) is 0 Å². The predicted octanol–water partition coefficient (Wildman–Crippen LogP) is 3.01. The second-order valence-corrected chi connectivity index (χ2v) is 3.44. The molecule has 0 spiro atoms. The smallest absolute Gasteiger partial charge is 0.314 e. The largest absolute Gasteiger partial charge is 0.323 e. The van der Waals surface area contributed by atoms with Gasteiger partial charge in [0, 0.05) is 12.3 Å². The van der Waals surface area contributed by atoms with E-state index in [1.54, 1.807) is 13.8 Å². The summed E-state index contributed by atoms with van der Waals surface area (Å²) in [5.41, 5.74) is 0.689. The number of hydrogen-bond donors (Lipinski definition) is 2. The van der Waals surface area contributed by atoms with Crippen LogP contribution in [0.4, 0.5) is 19.3 Å². The van der Waals surface area contributed by atoms with E-state index in [0.29, 0.717) is 0 Å². The molecule has 0 fully saturated rings. The molecule has 0 bridgehead atoms. The summed E-state index contributed by atoms with van der Waals surface area (Å²) >= 11 is 0. The average Bonchev–Trinajstić information content (AvgIpc) is 2.20. The van der Waals surface area contributed by atoms with Crippen LogP contribution in [0.1, 0.15) is 13.8 Å². The van der Waals surface area contributed by atoms with E-state index in [9.17, 15) is 13.6 Å². The summed E-state index contributed by atoms with van der Waals surface area (Å²) in [7, 11) is 0. The predicted molar refractivity (Wildman–Crippen MR) is 57.9 cm³/mol. The van der Waals surface area contributed by atoms with Crippen molar-refractivity contribution in [3.05, 3.63) is 41.6 Å². The number of allylic oxidation sites excluding steroid dienone is 1. The molecule has 1 aromatic rings. The Morgan fingerprint density at radius 1 is 1.31 bits per heavy atom. The van der Waals surface area contributed by atoms with Gasteiger partial charge in [-0.1, -0.05) is 5.57 Å². The highest BCUT2D eigenvalue weighted by atomic mass is 19.1. The lowest BCUT2D eigenvalue weighted by Crippen LogP contribution is -2.24. The minimum atomic E-state index is -0.686. The molecule has 0 unspecified atom stereocenters. The van der Waals surface area contributed by atoms with Crippen molar-refractivity contribution in [1.82, 2.24) is 5.32 Å². The summed E-state index contributed by atoms with van der Waals surface area (Å²) in [5, 5.41) is 4.57. The van der Waals surface area contributed by atoms with Gasteiger partial charge in [0.25, 0.3) is 0 Å². The van der Waals surface area contributed by atoms with Crippen molar-refractivity contribution in [3.63, 3.8) is 0 Å². The number of hydrogen-bond acceptors (Lipinski definition) is 1. The zero-order valence-electron chi connectivity index (χ0n) is 8.97. The van der Waals surface area contributed by atoms with Gasteiger partial charge in [-0.25, -0.2) is 13.6 Å². The Hall–Kier alpha value is -1.91. The third-order valence-corrected chi connectivity index (χ3v) is 1.67. The lowest BCUT2D eigenvalue weighted by Gasteiger charge is -2.06. The summed E-state index contributed by atoms with van der Waals surface area (Å²) in [6.07, 6.45) is 1.46. The van der Waals surface area contributed by atoms with Crippen molar-refractivity contribution in [2.24, 2.45) is 0 Å². The third kappa shape index (κ3) is 3.68. The molecule has 0 atom stereocenters. The van der Waals surface area contributed by atoms with Gasteiger partial charge in [0.2, 0.25) is 0 Å². The molecule has 0 aliphatic rings. The maximum Gasteiger partial charge on any atom is 0.323 e. The van der Waals surface area contributed by atoms with E-state index in [2.05, 4.69) is 10.6 Å². The lowest BCUT2D eigenvalue weighted by molar-refractivity contribution is 0.255. The number of anilines is 1. The monoisotopic (exact) mass is 226 g/mol. The SMILES string of the molecule is CC(C)=CNC(=O)Nc1cc(F)ccc1F. The van der Waals surface area contributed by atoms with Crippen LogP contribution >= 0.6 is 0 Å². The summed E-state index contributed by atoms with van der Waals surface area (Å²) in [4.78, 5) is 11.2. The molecule has 2 amide bonds. The van der Waals surface area contributed by atoms with Crippen molar-refractivity contribution in [2.75, 3.05) is 5.32 Å². The molecule has 2 N–H and O–H groups in total. The molecule has 1 aromatic carbocycles. The van der Waals surface area contributed by atoms with Gasteiger partial charge in [0.15, 0.2) is 0 Å². The molecular weight excluding hydrogens is 214 g/mol. The summed E-state index contributed by atoms with van der Waals surface area (Å²) in [5.74, 6) is -1.30. The molecule has 3 nitrogen and oxygen atoms in total. The van der Waals surface area contributed by atoms with Gasteiger partial charge in [0.05, 0.1) is 5.69 Å². The molecule has 0 aromatic heterocycles. The van der Waals surface area contributed by atoms with Gasteiger partial charge in [-0.2, -0.15) is 0 Å². The van der Waals surface area contributed by atoms with Crippen LogP contribution in [-0.4, -0.2) is 6.03 Å². The first-order valence-corrected chi connectivity index (χ1v) is 4.65. The first-order chi connectivity index (χ1) is 7.49. The molecule has 0 radical (unpaired) electrons. The van der Waals surface area contributed by atoms with Gasteiger partial charge in [-0.05, 0) is 26.0 Å². The molecule has 5 heteroatoms. The molecule has 16 heavy (non-hydrogen) atoms. The van der Waals surface area contributed by atoms with Gasteiger partial charge in [-0.15, -0.1) is 0 Å². The number of rotatable bonds is 2. The number of benzene rings is 1. The Balaban J connectivity index is 2.69. The Morgan fingerprint density at radius 3 is 2.62 bits per heavy atom. The van der Waals surface area contributed by atoms with Crippen LogP contribution in [0.3, 0.4) is 0 Å². The maximum absolute atomic E-state index is 13.1. The number of carbonyl (C=O) groups excluding carboxylic acids is 1. The highest BCUT2D eigenvalue weighted by Crippen LogP contribution is 2.14. The zero-order valence-corrected chi connectivity index (χ0v) is 8.97. The summed E-state index contributed by atoms with van der Waals surface area (Å²) in [6.45, 7) is 3.59. The number of urea groups is 1. The highest BCUT2D eigenvalue weighted by Gasteiger charge is 2.06. The van der Waals surface area contributed by atoms with Gasteiger partial charge >= 0.3 is 6.03 Å². The van der Waals surface area contributed by atoms with E-state index in [-0.39, 0.29) is 5.69 Å². The van der Waals surface area contributed by atoms with Gasteiger partial charge < -0.3 is 10.6 Å². The Kier molecular flexibility index (Phi) is 3.99. The van der Waals surface area contributed by atoms with Crippen LogP contribution in [0.2, 0.25) is 0 Å². The second-order valence-electron chi connectivity index (χ2n) is 3.44. The quantitative estimate of drug-likeness (QED) is 0.799. The van der Waals surface area contributed by atoms with E-state index in [4.69, 9.17) is 0 Å². The minimum Gasteiger partial charge on any atom is -0.314 e. The lowest BCUT2D eigenvalue weighted by atomic mass is 10.3. The molecule has 0 saturated carbocycles. The van der Waals surface area contributed by atoms with Crippen molar-refractivity contribution < 1.29 is 13.6 Å². The normalized spacial score (nSPS) is 9.50. The molecule has 0 saturated heterocycles. The molecule has 0 aliphatic heterocycles. The number of nitrogens with one attached hydrogen (secondary N) is 2. The van der Waals surface area contributed by atoms with Crippen molar-refractivity contribution >= 4 is 11.7 Å². The Labute approximate surface area is 92.2 Å². The summed E-state index contributed by atoms with van der Waals surface area (Å²) < 4.78 is 25.9. The van der Waals surface area contributed by atoms with Crippen LogP contribution < -0.4 is 10.6 Å². The standard InChI is InChI=1S/C11H12F2N2O/c1-7(2)6-14-11(16)15-10-5-8(12)3-4-9(10)13/h3-6H,1-2H3,(H2,14,15,16). The van der Waals surface area contributed by atoms with Crippen LogP contribution in [-0.2, 0) is 0 Å². The highest BCUT2D eigenvalue weighted by molar-refractivity contribution is 5.90. The molecule has 0 aliphatic carbocycles. The van der Waals surface area contributed by atoms with E-state index < -0.39 is 17.7 Å². The van der Waals surface area contributed by atoms with Crippen molar-refractivity contribution in [3.8, 4) is 0 Å². The number of carbonyl (C=O) groups is 1. The number of amides is 2. The zero-order chi connectivity index (χ0) is 12.1. The second kappa shape index (κ2) is 5.25. The Morgan fingerprint density at radius 2 is 2.00 bits per heavy atom. The molecule has 1 rings (SSSR count). The van der Waals surface area contributed by atoms with Gasteiger partial charge in [0.1, 0.15) is 11.6 Å². The summed E-state index contributed by atoms with van der Waals surface area (Å²) in [6, 6.07) is 2.23. The first-order valence-electron chi connectivity index (χ1n) is 4.65. The average molecular weight is 226 g/mol. The van der Waals surface area contributed by atoms with E-state index in [1.165, 1.54) is 6.20 Å². The van der Waals surface area contributed by atoms with Crippen molar-refractivity contribution in [2.45, 2.75) is 13.8 Å². The van der Waals surface area contributed by atoms with Crippen LogP contribution in [0, 0.1) is 11.6 Å². The fourth-order valence-electron chi connectivity index (χ4n) is 0.962. The van der Waals surface area contributed by atoms with Crippen molar-refractivity contribution in [1.29, 1.82) is 0 Å². The van der Waals surface area contributed by atoms with E-state index in [0.717, 1.165) is 23.8 Å². The van der Waals surface area contributed by atoms with Crippen LogP contribution in [0.25, 0.3) is 0 Å². The van der Waals surface area contributed by atoms with Gasteiger partial charge in [-0.3, -0.25) is 0 Å². The van der Waals surface area contributed by atoms with Crippen LogP contribution in [0.5, 0.6) is 0 Å². The fourth-order valence-corrected chi connectivity index (χ4v) is 0.962. The molecule has 86 valence electrons. The van der Waals surface area contributed by atoms with Crippen LogP contribution in [0.15, 0.2) is 30.0 Å². The topological polar surface area (TPSA) is 41.1 Å². The molecule has 0 heterocycles. The maximum atomic E-state index is 13.1. The number of halogens is 2. The fraction of sp³-hybridized carbons (Fsp3) is 0.182. The minimum absolute atomic E-state index is 0.195. The van der Waals surface area contributed by atoms with E-state index >= 15 is 0 Å².